The van der Waals surface area contributed by atoms with Crippen LogP contribution < -0.4 is 10.1 Å². The molecular weight excluding hydrogens is 410 g/mol. The average molecular weight is 444 g/mol. The lowest BCUT2D eigenvalue weighted by molar-refractivity contribution is 0.0792. The van der Waals surface area contributed by atoms with Crippen LogP contribution in [-0.2, 0) is 11.3 Å². The van der Waals surface area contributed by atoms with Crippen LogP contribution in [0.5, 0.6) is 5.75 Å². The van der Waals surface area contributed by atoms with Gasteiger partial charge < -0.3 is 19.7 Å². The summed E-state index contributed by atoms with van der Waals surface area (Å²) in [5, 5.41) is 5.30. The number of amides is 2. The molecule has 6 nitrogen and oxygen atoms in total. The van der Waals surface area contributed by atoms with Crippen LogP contribution in [0.1, 0.15) is 42.2 Å². The number of ether oxygens (including phenoxy) is 2. The van der Waals surface area contributed by atoms with Gasteiger partial charge in [0.1, 0.15) is 5.75 Å². The fourth-order valence-corrected chi connectivity index (χ4v) is 5.20. The standard InChI is InChI=1S/C24H33N3O3S/c1-29-20-10-8-19(9-11-20)23(26-12-2-3-13-26)16-25-24(28)27(17-21-6-4-14-30-21)18-22-7-5-15-31-22/h5,7-11,15,21,23H,2-4,6,12-14,16-18H2,1H3,(H,25,28). The molecule has 2 aliphatic rings. The van der Waals surface area contributed by atoms with Gasteiger partial charge in [0.25, 0.3) is 0 Å². The second-order valence-electron chi connectivity index (χ2n) is 8.31. The summed E-state index contributed by atoms with van der Waals surface area (Å²) in [6.45, 7) is 4.80. The maximum Gasteiger partial charge on any atom is 0.317 e. The molecule has 0 aliphatic carbocycles. The minimum atomic E-state index is -0.0124. The zero-order valence-electron chi connectivity index (χ0n) is 18.3. The third-order valence-electron chi connectivity index (χ3n) is 6.19. The molecule has 7 heteroatoms. The molecular formula is C24H33N3O3S. The third-order valence-corrected chi connectivity index (χ3v) is 7.05. The van der Waals surface area contributed by atoms with Crippen molar-refractivity contribution in [2.24, 2.45) is 0 Å². The van der Waals surface area contributed by atoms with E-state index in [0.717, 1.165) is 38.3 Å². The molecule has 0 radical (unpaired) electrons. The van der Waals surface area contributed by atoms with Crippen molar-refractivity contribution in [3.05, 3.63) is 52.2 Å². The van der Waals surface area contributed by atoms with Gasteiger partial charge in [-0.1, -0.05) is 18.2 Å². The lowest BCUT2D eigenvalue weighted by atomic mass is 10.1. The van der Waals surface area contributed by atoms with Gasteiger partial charge in [0.15, 0.2) is 0 Å². The van der Waals surface area contributed by atoms with E-state index in [2.05, 4.69) is 33.8 Å². The van der Waals surface area contributed by atoms with E-state index in [4.69, 9.17) is 9.47 Å². The van der Waals surface area contributed by atoms with Gasteiger partial charge in [0.2, 0.25) is 0 Å². The first kappa shape index (κ1) is 22.1. The van der Waals surface area contributed by atoms with Crippen molar-refractivity contribution in [3.8, 4) is 5.75 Å². The minimum absolute atomic E-state index is 0.0124. The van der Waals surface area contributed by atoms with E-state index in [1.165, 1.54) is 23.3 Å². The van der Waals surface area contributed by atoms with Gasteiger partial charge in [-0.25, -0.2) is 4.79 Å². The quantitative estimate of drug-likeness (QED) is 0.628. The van der Waals surface area contributed by atoms with E-state index < -0.39 is 0 Å². The highest BCUT2D eigenvalue weighted by molar-refractivity contribution is 7.09. The lowest BCUT2D eigenvalue weighted by Gasteiger charge is -2.30. The fourth-order valence-electron chi connectivity index (χ4n) is 4.48. The molecule has 2 fully saturated rings. The molecule has 2 aromatic rings. The monoisotopic (exact) mass is 443 g/mol. The highest BCUT2D eigenvalue weighted by atomic mass is 32.1. The van der Waals surface area contributed by atoms with Crippen molar-refractivity contribution in [2.45, 2.75) is 44.4 Å². The number of nitrogens with one attached hydrogen (secondary N) is 1. The molecule has 31 heavy (non-hydrogen) atoms. The first-order valence-electron chi connectivity index (χ1n) is 11.3. The van der Waals surface area contributed by atoms with Crippen molar-refractivity contribution in [3.63, 3.8) is 0 Å². The summed E-state index contributed by atoms with van der Waals surface area (Å²) in [4.78, 5) is 18.8. The highest BCUT2D eigenvalue weighted by Gasteiger charge is 2.27. The third kappa shape index (κ3) is 5.99. The number of nitrogens with zero attached hydrogens (tertiary/aromatic N) is 2. The molecule has 3 heterocycles. The first-order chi connectivity index (χ1) is 15.2. The summed E-state index contributed by atoms with van der Waals surface area (Å²) in [7, 11) is 1.68. The lowest BCUT2D eigenvalue weighted by Crippen LogP contribution is -2.46. The SMILES string of the molecule is COc1ccc(C(CNC(=O)N(Cc2cccs2)CC2CCCO2)N2CCCC2)cc1. The summed E-state index contributed by atoms with van der Waals surface area (Å²) in [5.41, 5.74) is 1.21. The van der Waals surface area contributed by atoms with Crippen LogP contribution in [0.3, 0.4) is 0 Å². The molecule has 2 amide bonds. The number of hydrogen-bond acceptors (Lipinski definition) is 5. The molecule has 2 aliphatic heterocycles. The van der Waals surface area contributed by atoms with Crippen molar-refractivity contribution < 1.29 is 14.3 Å². The number of carbonyl (C=O) groups is 1. The zero-order valence-corrected chi connectivity index (χ0v) is 19.1. The summed E-state index contributed by atoms with van der Waals surface area (Å²) in [6, 6.07) is 12.5. The molecule has 4 rings (SSSR count). The van der Waals surface area contributed by atoms with Crippen LogP contribution in [0.25, 0.3) is 0 Å². The number of urea groups is 1. The Morgan fingerprint density at radius 3 is 2.71 bits per heavy atom. The second-order valence-corrected chi connectivity index (χ2v) is 9.35. The molecule has 0 saturated carbocycles. The fraction of sp³-hybridized carbons (Fsp3) is 0.542. The molecule has 1 aromatic heterocycles. The van der Waals surface area contributed by atoms with E-state index in [9.17, 15) is 4.79 Å². The molecule has 2 atom stereocenters. The maximum atomic E-state index is 13.2. The maximum absolute atomic E-state index is 13.2. The number of likely N-dealkylation sites (tertiary alicyclic amines) is 1. The van der Waals surface area contributed by atoms with E-state index in [1.54, 1.807) is 18.4 Å². The summed E-state index contributed by atoms with van der Waals surface area (Å²) < 4.78 is 11.1. The van der Waals surface area contributed by atoms with Crippen molar-refractivity contribution >= 4 is 17.4 Å². The molecule has 2 unspecified atom stereocenters. The predicted octanol–water partition coefficient (Wildman–Crippen LogP) is 4.28. The molecule has 0 spiro atoms. The number of thiophene rings is 1. The molecule has 2 saturated heterocycles. The Balaban J connectivity index is 1.43. The van der Waals surface area contributed by atoms with Crippen molar-refractivity contribution in [2.75, 3.05) is 39.9 Å². The minimum Gasteiger partial charge on any atom is -0.497 e. The number of methoxy groups -OCH3 is 1. The van der Waals surface area contributed by atoms with Crippen LogP contribution in [-0.4, -0.2) is 61.8 Å². The van der Waals surface area contributed by atoms with Crippen molar-refractivity contribution in [1.82, 2.24) is 15.1 Å². The van der Waals surface area contributed by atoms with Gasteiger partial charge >= 0.3 is 6.03 Å². The Kier molecular flexibility index (Phi) is 7.83. The van der Waals surface area contributed by atoms with E-state index >= 15 is 0 Å². The Bertz CT molecular complexity index is 800. The van der Waals surface area contributed by atoms with Gasteiger partial charge in [-0.2, -0.15) is 0 Å². The topological polar surface area (TPSA) is 54.0 Å². The van der Waals surface area contributed by atoms with Gasteiger partial charge in [-0.05, 0) is 67.9 Å². The Hall–Kier alpha value is -2.09. The van der Waals surface area contributed by atoms with E-state index in [0.29, 0.717) is 19.6 Å². The number of carbonyl (C=O) groups excluding carboxylic acids is 1. The van der Waals surface area contributed by atoms with Crippen LogP contribution in [0.4, 0.5) is 4.79 Å². The summed E-state index contributed by atoms with van der Waals surface area (Å²) in [6.07, 6.45) is 4.67. The summed E-state index contributed by atoms with van der Waals surface area (Å²) in [5.74, 6) is 0.853. The van der Waals surface area contributed by atoms with Gasteiger partial charge in [0, 0.05) is 24.6 Å². The predicted molar refractivity (Wildman–Crippen MR) is 124 cm³/mol. The molecule has 1 N–H and O–H groups in total. The van der Waals surface area contributed by atoms with Crippen LogP contribution in [0, 0.1) is 0 Å². The van der Waals surface area contributed by atoms with E-state index in [1.807, 2.05) is 23.1 Å². The molecule has 168 valence electrons. The van der Waals surface area contributed by atoms with Crippen LogP contribution >= 0.6 is 11.3 Å². The number of benzene rings is 1. The average Bonchev–Trinajstić information content (AvgIpc) is 3.58. The van der Waals surface area contributed by atoms with E-state index in [-0.39, 0.29) is 18.2 Å². The number of hydrogen-bond donors (Lipinski definition) is 1. The van der Waals surface area contributed by atoms with Gasteiger partial charge in [0.05, 0.1) is 25.8 Å². The Morgan fingerprint density at radius 2 is 2.06 bits per heavy atom. The van der Waals surface area contributed by atoms with Crippen LogP contribution in [0.2, 0.25) is 0 Å². The first-order valence-corrected chi connectivity index (χ1v) is 12.2. The van der Waals surface area contributed by atoms with Gasteiger partial charge in [-0.3, -0.25) is 4.90 Å². The normalized spacial score (nSPS) is 20.0. The Morgan fingerprint density at radius 1 is 1.26 bits per heavy atom. The van der Waals surface area contributed by atoms with Crippen molar-refractivity contribution in [1.29, 1.82) is 0 Å². The van der Waals surface area contributed by atoms with Crippen LogP contribution in [0.15, 0.2) is 41.8 Å². The largest absolute Gasteiger partial charge is 0.497 e. The smallest absolute Gasteiger partial charge is 0.317 e. The van der Waals surface area contributed by atoms with Gasteiger partial charge in [-0.15, -0.1) is 11.3 Å². The second kappa shape index (κ2) is 11.0. The molecule has 1 aromatic carbocycles. The summed E-state index contributed by atoms with van der Waals surface area (Å²) >= 11 is 1.69. The number of rotatable bonds is 9. The Labute approximate surface area is 189 Å². The molecule has 0 bridgehead atoms. The highest BCUT2D eigenvalue weighted by Crippen LogP contribution is 2.26. The zero-order chi connectivity index (χ0) is 21.5.